The number of amides is 1. The molecule has 0 bridgehead atoms. The normalized spacial score (nSPS) is 13.5. The van der Waals surface area contributed by atoms with E-state index in [0.29, 0.717) is 20.6 Å². The summed E-state index contributed by atoms with van der Waals surface area (Å²) in [6.45, 7) is 1.66. The molecule has 1 heterocycles. The maximum absolute atomic E-state index is 14.4. The minimum absolute atomic E-state index is 0.203. The number of aromatic nitrogens is 2. The summed E-state index contributed by atoms with van der Waals surface area (Å²) < 4.78 is 27.3. The quantitative estimate of drug-likeness (QED) is 0.268. The number of nitrogens with zero attached hydrogens (tertiary/aromatic N) is 3. The summed E-state index contributed by atoms with van der Waals surface area (Å²) in [7, 11) is 2.53. The molecule has 0 aliphatic rings. The zero-order valence-corrected chi connectivity index (χ0v) is 18.9. The van der Waals surface area contributed by atoms with Gasteiger partial charge in [-0.1, -0.05) is 34.8 Å². The maximum Gasteiger partial charge on any atom is 0.284 e. The molecule has 2 unspecified atom stereocenters. The zero-order chi connectivity index (χ0) is 20.5. The largest absolute Gasteiger partial charge is 0.284 e. The van der Waals surface area contributed by atoms with Gasteiger partial charge in [0.05, 0.1) is 13.2 Å². The number of hydrogen-bond acceptors (Lipinski definition) is 3. The number of benzene rings is 1. The third-order valence-corrected chi connectivity index (χ3v) is 5.31. The fourth-order valence-electron chi connectivity index (χ4n) is 2.59. The average Bonchev–Trinajstić information content (AvgIpc) is 2.87. The van der Waals surface area contributed by atoms with Crippen LogP contribution in [0.25, 0.3) is 0 Å². The number of carbonyl (C=O) groups is 1. The van der Waals surface area contributed by atoms with E-state index in [1.807, 2.05) is 0 Å². The van der Waals surface area contributed by atoms with Crippen LogP contribution in [0.1, 0.15) is 32.7 Å². The predicted molar refractivity (Wildman–Crippen MR) is 109 cm³/mol. The lowest BCUT2D eigenvalue weighted by atomic mass is 10.1. The Kier molecular flexibility index (Phi) is 7.71. The smallest absolute Gasteiger partial charge is 0.274 e. The van der Waals surface area contributed by atoms with E-state index in [4.69, 9.17) is 39.6 Å². The summed E-state index contributed by atoms with van der Waals surface area (Å²) in [6.07, 6.45) is 0.203. The SMILES string of the molecule is CON(C(=O)c1c(C(F)I)nn(C)c1F)C(C)Cc1c(Cl)cc(Cl)cc1Cl. The average molecular weight is 553 g/mol. The second-order valence-electron chi connectivity index (χ2n) is 5.69. The van der Waals surface area contributed by atoms with Crippen molar-refractivity contribution in [2.24, 2.45) is 7.05 Å². The Morgan fingerprint density at radius 2 is 1.93 bits per heavy atom. The second-order valence-corrected chi connectivity index (χ2v) is 8.03. The van der Waals surface area contributed by atoms with Crippen LogP contribution in [-0.4, -0.2) is 33.9 Å². The third kappa shape index (κ3) is 4.84. The van der Waals surface area contributed by atoms with Crippen LogP contribution in [0.15, 0.2) is 12.1 Å². The molecule has 0 aliphatic carbocycles. The van der Waals surface area contributed by atoms with Crippen LogP contribution in [0.2, 0.25) is 15.1 Å². The van der Waals surface area contributed by atoms with Crippen molar-refractivity contribution in [3.8, 4) is 0 Å². The van der Waals surface area contributed by atoms with Gasteiger partial charge in [-0.3, -0.25) is 9.63 Å². The molecule has 1 amide bonds. The van der Waals surface area contributed by atoms with E-state index in [1.54, 1.807) is 6.92 Å². The minimum Gasteiger partial charge on any atom is -0.274 e. The first kappa shape index (κ1) is 22.6. The molecule has 0 saturated heterocycles. The van der Waals surface area contributed by atoms with E-state index in [9.17, 15) is 13.6 Å². The Morgan fingerprint density at radius 3 is 2.41 bits per heavy atom. The molecule has 11 heteroatoms. The number of alkyl halides is 2. The molecule has 1 aromatic heterocycles. The fourth-order valence-corrected chi connectivity index (χ4v) is 4.00. The summed E-state index contributed by atoms with van der Waals surface area (Å²) in [5, 5.41) is 5.69. The number of hydroxylamine groups is 2. The van der Waals surface area contributed by atoms with E-state index in [1.165, 1.54) is 48.9 Å². The van der Waals surface area contributed by atoms with Gasteiger partial charge in [0.2, 0.25) is 5.95 Å². The highest BCUT2D eigenvalue weighted by Crippen LogP contribution is 2.32. The maximum atomic E-state index is 14.4. The summed E-state index contributed by atoms with van der Waals surface area (Å²) in [6, 6.07) is 2.45. The van der Waals surface area contributed by atoms with Gasteiger partial charge in [0.15, 0.2) is 4.18 Å². The predicted octanol–water partition coefficient (Wildman–Crippen LogP) is 5.56. The van der Waals surface area contributed by atoms with Crippen molar-refractivity contribution in [1.29, 1.82) is 0 Å². The van der Waals surface area contributed by atoms with Crippen molar-refractivity contribution in [2.75, 3.05) is 7.11 Å². The molecule has 5 nitrogen and oxygen atoms in total. The van der Waals surface area contributed by atoms with Crippen molar-refractivity contribution < 1.29 is 18.4 Å². The van der Waals surface area contributed by atoms with Crippen molar-refractivity contribution >= 4 is 63.3 Å². The van der Waals surface area contributed by atoms with Gasteiger partial charge in [0.1, 0.15) is 11.3 Å². The molecule has 0 aliphatic heterocycles. The van der Waals surface area contributed by atoms with Crippen LogP contribution < -0.4 is 0 Å². The Bertz CT molecular complexity index is 841. The van der Waals surface area contributed by atoms with E-state index in [0.717, 1.165) is 9.75 Å². The van der Waals surface area contributed by atoms with E-state index >= 15 is 0 Å². The van der Waals surface area contributed by atoms with Crippen molar-refractivity contribution in [2.45, 2.75) is 23.6 Å². The number of halogens is 6. The van der Waals surface area contributed by atoms with Gasteiger partial charge in [-0.15, -0.1) is 0 Å². The summed E-state index contributed by atoms with van der Waals surface area (Å²) in [5.41, 5.74) is -0.243. The van der Waals surface area contributed by atoms with Gasteiger partial charge < -0.3 is 0 Å². The van der Waals surface area contributed by atoms with Gasteiger partial charge in [-0.05, 0) is 53.6 Å². The molecular weight excluding hydrogens is 537 g/mol. The third-order valence-electron chi connectivity index (χ3n) is 3.83. The fraction of sp³-hybridized carbons (Fsp3) is 0.375. The first-order valence-electron chi connectivity index (χ1n) is 7.60. The molecule has 2 rings (SSSR count). The standard InChI is InChI=1S/C16H15Cl3F2IN3O2/c1-7(4-9-10(18)5-8(17)6-11(9)19)25(27-3)16(26)12-13(14(20)22)23-24(2)15(12)21/h5-7,14H,4H2,1-3H3. The molecule has 1 aromatic carbocycles. The highest BCUT2D eigenvalue weighted by molar-refractivity contribution is 14.1. The first-order valence-corrected chi connectivity index (χ1v) is 9.98. The Hall–Kier alpha value is -0.680. The summed E-state index contributed by atoms with van der Waals surface area (Å²) in [4.78, 5) is 18.0. The first-order chi connectivity index (χ1) is 12.6. The van der Waals surface area contributed by atoms with E-state index in [-0.39, 0.29) is 12.1 Å². The highest BCUT2D eigenvalue weighted by Gasteiger charge is 2.33. The highest BCUT2D eigenvalue weighted by atomic mass is 127. The molecule has 0 fully saturated rings. The molecule has 27 heavy (non-hydrogen) atoms. The topological polar surface area (TPSA) is 47.4 Å². The minimum atomic E-state index is -1.66. The van der Waals surface area contributed by atoms with Crippen molar-refractivity contribution in [3.63, 3.8) is 0 Å². The molecule has 148 valence electrons. The van der Waals surface area contributed by atoms with Gasteiger partial charge in [-0.25, -0.2) is 14.1 Å². The molecule has 0 saturated carbocycles. The van der Waals surface area contributed by atoms with Crippen LogP contribution in [0.4, 0.5) is 8.78 Å². The lowest BCUT2D eigenvalue weighted by Gasteiger charge is -2.27. The molecule has 0 N–H and O–H groups in total. The Labute approximate surface area is 183 Å². The Morgan fingerprint density at radius 1 is 1.37 bits per heavy atom. The van der Waals surface area contributed by atoms with Crippen molar-refractivity contribution in [1.82, 2.24) is 14.8 Å². The molecule has 0 spiro atoms. The Balaban J connectivity index is 2.36. The van der Waals surface area contributed by atoms with E-state index in [2.05, 4.69) is 5.10 Å². The monoisotopic (exact) mass is 551 g/mol. The zero-order valence-electron chi connectivity index (χ0n) is 14.4. The summed E-state index contributed by atoms with van der Waals surface area (Å²) in [5.74, 6) is -1.81. The van der Waals surface area contributed by atoms with Crippen LogP contribution in [0.3, 0.4) is 0 Å². The number of aryl methyl sites for hydroxylation is 1. The van der Waals surface area contributed by atoms with Gasteiger partial charge in [-0.2, -0.15) is 9.49 Å². The number of hydrogen-bond donors (Lipinski definition) is 0. The van der Waals surface area contributed by atoms with Gasteiger partial charge in [0, 0.05) is 22.1 Å². The van der Waals surface area contributed by atoms with E-state index < -0.39 is 27.6 Å². The van der Waals surface area contributed by atoms with Crippen LogP contribution in [0.5, 0.6) is 0 Å². The lowest BCUT2D eigenvalue weighted by Crippen LogP contribution is -2.39. The molecule has 0 radical (unpaired) electrons. The second kappa shape index (κ2) is 9.21. The van der Waals surface area contributed by atoms with Gasteiger partial charge >= 0.3 is 0 Å². The lowest BCUT2D eigenvalue weighted by molar-refractivity contribution is -0.119. The molecule has 2 atom stereocenters. The number of carbonyl (C=O) groups excluding carboxylic acids is 1. The molecule has 2 aromatic rings. The number of rotatable bonds is 6. The van der Waals surface area contributed by atoms with Crippen LogP contribution in [0, 0.1) is 5.95 Å². The van der Waals surface area contributed by atoms with Crippen molar-refractivity contribution in [3.05, 3.63) is 50.0 Å². The molecular formula is C16H15Cl3F2IN3O2. The summed E-state index contributed by atoms with van der Waals surface area (Å²) >= 11 is 19.7. The van der Waals surface area contributed by atoms with Crippen LogP contribution >= 0.6 is 57.4 Å². The van der Waals surface area contributed by atoms with Crippen LogP contribution in [-0.2, 0) is 18.3 Å². The van der Waals surface area contributed by atoms with Gasteiger partial charge in [0.25, 0.3) is 5.91 Å².